The zero-order valence-electron chi connectivity index (χ0n) is 10.0. The third-order valence-corrected chi connectivity index (χ3v) is 3.93. The molecule has 0 saturated heterocycles. The third kappa shape index (κ3) is 3.70. The highest BCUT2D eigenvalue weighted by atomic mass is 79.9. The lowest BCUT2D eigenvalue weighted by Crippen LogP contribution is -2.23. The summed E-state index contributed by atoms with van der Waals surface area (Å²) in [6.45, 7) is 0.256. The zero-order chi connectivity index (χ0) is 13.0. The van der Waals surface area contributed by atoms with E-state index >= 15 is 0 Å². The molecule has 0 saturated carbocycles. The van der Waals surface area contributed by atoms with E-state index in [2.05, 4.69) is 15.9 Å². The third-order valence-electron chi connectivity index (χ3n) is 2.63. The summed E-state index contributed by atoms with van der Waals surface area (Å²) in [6.07, 6.45) is 7.42. The van der Waals surface area contributed by atoms with Crippen LogP contribution in [-0.4, -0.2) is 12.1 Å². The van der Waals surface area contributed by atoms with Gasteiger partial charge in [-0.3, -0.25) is 0 Å². The summed E-state index contributed by atoms with van der Waals surface area (Å²) < 4.78 is 20.4. The first-order valence-electron chi connectivity index (χ1n) is 5.62. The summed E-state index contributed by atoms with van der Waals surface area (Å²) in [6, 6.07) is 7.94. The van der Waals surface area contributed by atoms with Crippen LogP contribution in [-0.2, 0) is 11.3 Å². The van der Waals surface area contributed by atoms with Crippen molar-refractivity contribution in [3.63, 3.8) is 0 Å². The molecule has 96 valence electrons. The van der Waals surface area contributed by atoms with Gasteiger partial charge in [-0.1, -0.05) is 34.1 Å². The van der Waals surface area contributed by atoms with Gasteiger partial charge >= 0.3 is 0 Å². The van der Waals surface area contributed by atoms with Crippen molar-refractivity contribution in [1.29, 1.82) is 0 Å². The van der Waals surface area contributed by atoms with E-state index in [1.165, 1.54) is 17.0 Å². The molecule has 0 aliphatic heterocycles. The second-order valence-electron chi connectivity index (χ2n) is 4.03. The SMILES string of the molecule is CSc1ccc(COC2(F)C=CCC(Br)=C2)cc1. The van der Waals surface area contributed by atoms with Gasteiger partial charge in [-0.05, 0) is 42.5 Å². The Morgan fingerprint density at radius 1 is 1.39 bits per heavy atom. The standard InChI is InChI=1S/C14H14BrFOS/c1-18-13-6-4-11(5-7-13)10-17-14(16)8-2-3-12(15)9-14/h2,4-9H,3,10H2,1H3. The number of halogens is 2. The summed E-state index contributed by atoms with van der Waals surface area (Å²) >= 11 is 4.98. The van der Waals surface area contributed by atoms with Crippen molar-refractivity contribution in [2.45, 2.75) is 23.8 Å². The minimum Gasteiger partial charge on any atom is -0.335 e. The predicted octanol–water partition coefficient (Wildman–Crippen LogP) is 4.83. The summed E-state index contributed by atoms with van der Waals surface area (Å²) in [5.41, 5.74) is 0.966. The number of hydrogen-bond donors (Lipinski definition) is 0. The second kappa shape index (κ2) is 6.04. The normalized spacial score (nSPS) is 22.9. The maximum atomic E-state index is 14.2. The fourth-order valence-corrected chi connectivity index (χ4v) is 2.57. The Morgan fingerprint density at radius 2 is 2.11 bits per heavy atom. The number of hydrogen-bond acceptors (Lipinski definition) is 2. The first kappa shape index (κ1) is 13.8. The van der Waals surface area contributed by atoms with Gasteiger partial charge in [-0.15, -0.1) is 11.8 Å². The Labute approximate surface area is 119 Å². The van der Waals surface area contributed by atoms with Gasteiger partial charge in [-0.25, -0.2) is 4.39 Å². The fraction of sp³-hybridized carbons (Fsp3) is 0.286. The first-order valence-corrected chi connectivity index (χ1v) is 7.64. The molecule has 0 bridgehead atoms. The number of ether oxygens (including phenoxy) is 1. The quantitative estimate of drug-likeness (QED) is 0.578. The van der Waals surface area contributed by atoms with E-state index < -0.39 is 5.85 Å². The maximum Gasteiger partial charge on any atom is 0.249 e. The molecule has 0 fully saturated rings. The van der Waals surface area contributed by atoms with Gasteiger partial charge in [0.1, 0.15) is 0 Å². The van der Waals surface area contributed by atoms with Crippen LogP contribution in [0.2, 0.25) is 0 Å². The van der Waals surface area contributed by atoms with Crippen LogP contribution in [0.25, 0.3) is 0 Å². The Balaban J connectivity index is 1.98. The highest BCUT2D eigenvalue weighted by molar-refractivity contribution is 9.11. The highest BCUT2D eigenvalue weighted by Crippen LogP contribution is 2.29. The van der Waals surface area contributed by atoms with Gasteiger partial charge in [0.05, 0.1) is 6.61 Å². The zero-order valence-corrected chi connectivity index (χ0v) is 12.4. The lowest BCUT2D eigenvalue weighted by molar-refractivity contribution is -0.0797. The number of rotatable bonds is 4. The smallest absolute Gasteiger partial charge is 0.249 e. The van der Waals surface area contributed by atoms with Crippen molar-refractivity contribution in [3.8, 4) is 0 Å². The topological polar surface area (TPSA) is 9.23 Å². The summed E-state index contributed by atoms with van der Waals surface area (Å²) in [7, 11) is 0. The molecule has 0 spiro atoms. The molecule has 0 amide bonds. The van der Waals surface area contributed by atoms with Gasteiger partial charge < -0.3 is 4.74 Å². The molecule has 0 heterocycles. The molecule has 1 aromatic carbocycles. The number of allylic oxidation sites excluding steroid dienone is 2. The average Bonchev–Trinajstić information content (AvgIpc) is 2.37. The first-order chi connectivity index (χ1) is 8.61. The van der Waals surface area contributed by atoms with E-state index in [1.54, 1.807) is 17.8 Å². The van der Waals surface area contributed by atoms with Crippen LogP contribution < -0.4 is 0 Å². The molecule has 2 rings (SSSR count). The largest absolute Gasteiger partial charge is 0.335 e. The minimum atomic E-state index is -1.80. The van der Waals surface area contributed by atoms with Gasteiger partial charge in [0.15, 0.2) is 0 Å². The van der Waals surface area contributed by atoms with Gasteiger partial charge in [0.25, 0.3) is 0 Å². The molecular weight excluding hydrogens is 315 g/mol. The lowest BCUT2D eigenvalue weighted by atomic mass is 10.1. The van der Waals surface area contributed by atoms with E-state index in [1.807, 2.05) is 30.5 Å². The second-order valence-corrected chi connectivity index (χ2v) is 5.93. The molecule has 0 N–H and O–H groups in total. The molecule has 1 nitrogen and oxygen atoms in total. The number of thioether (sulfide) groups is 1. The summed E-state index contributed by atoms with van der Waals surface area (Å²) in [4.78, 5) is 1.19. The van der Waals surface area contributed by atoms with E-state index in [4.69, 9.17) is 4.74 Å². The molecule has 0 radical (unpaired) electrons. The Hall–Kier alpha value is -0.580. The Bertz CT molecular complexity index is 469. The van der Waals surface area contributed by atoms with Crippen molar-refractivity contribution in [3.05, 3.63) is 52.5 Å². The van der Waals surface area contributed by atoms with Gasteiger partial charge in [-0.2, -0.15) is 0 Å². The molecule has 1 atom stereocenters. The molecule has 0 aromatic heterocycles. The molecule has 1 aliphatic rings. The molecule has 18 heavy (non-hydrogen) atoms. The highest BCUT2D eigenvalue weighted by Gasteiger charge is 2.26. The van der Waals surface area contributed by atoms with E-state index in [-0.39, 0.29) is 6.61 Å². The Kier molecular flexibility index (Phi) is 4.65. The van der Waals surface area contributed by atoms with Crippen LogP contribution in [0.15, 0.2) is 51.9 Å². The molecular formula is C14H14BrFOS. The van der Waals surface area contributed by atoms with Crippen LogP contribution in [0.3, 0.4) is 0 Å². The van der Waals surface area contributed by atoms with Gasteiger partial charge in [0, 0.05) is 9.38 Å². The summed E-state index contributed by atoms with van der Waals surface area (Å²) in [5, 5.41) is 0. The average molecular weight is 329 g/mol. The molecule has 4 heteroatoms. The molecule has 1 aromatic rings. The molecule has 1 aliphatic carbocycles. The van der Waals surface area contributed by atoms with E-state index in [0.29, 0.717) is 0 Å². The van der Waals surface area contributed by atoms with Crippen LogP contribution in [0.5, 0.6) is 0 Å². The van der Waals surface area contributed by atoms with Crippen molar-refractivity contribution in [1.82, 2.24) is 0 Å². The maximum absolute atomic E-state index is 14.2. The van der Waals surface area contributed by atoms with Crippen molar-refractivity contribution >= 4 is 27.7 Å². The van der Waals surface area contributed by atoms with Crippen LogP contribution in [0, 0.1) is 0 Å². The Morgan fingerprint density at radius 3 is 2.72 bits per heavy atom. The van der Waals surface area contributed by atoms with Crippen molar-refractivity contribution in [2.24, 2.45) is 0 Å². The monoisotopic (exact) mass is 328 g/mol. The van der Waals surface area contributed by atoms with Gasteiger partial charge in [0.2, 0.25) is 5.85 Å². The van der Waals surface area contributed by atoms with Crippen molar-refractivity contribution in [2.75, 3.05) is 6.26 Å². The molecule has 1 unspecified atom stereocenters. The van der Waals surface area contributed by atoms with Crippen molar-refractivity contribution < 1.29 is 9.13 Å². The van der Waals surface area contributed by atoms with E-state index in [0.717, 1.165) is 16.5 Å². The predicted molar refractivity (Wildman–Crippen MR) is 77.6 cm³/mol. The van der Waals surface area contributed by atoms with E-state index in [9.17, 15) is 4.39 Å². The minimum absolute atomic E-state index is 0.256. The fourth-order valence-electron chi connectivity index (χ4n) is 1.66. The number of benzene rings is 1. The van der Waals surface area contributed by atoms with Crippen LogP contribution in [0.4, 0.5) is 4.39 Å². The summed E-state index contributed by atoms with van der Waals surface area (Å²) in [5.74, 6) is -1.80. The van der Waals surface area contributed by atoms with Crippen LogP contribution in [0.1, 0.15) is 12.0 Å². The number of alkyl halides is 1. The lowest BCUT2D eigenvalue weighted by Gasteiger charge is -2.21. The van der Waals surface area contributed by atoms with Crippen LogP contribution >= 0.6 is 27.7 Å².